The highest BCUT2D eigenvalue weighted by Crippen LogP contribution is 2.65. The van der Waals surface area contributed by atoms with E-state index in [1.807, 2.05) is 0 Å². The van der Waals surface area contributed by atoms with Crippen LogP contribution in [0.4, 0.5) is 0 Å². The Morgan fingerprint density at radius 2 is 0.861 bits per heavy atom. The molecule has 2 heterocycles. The van der Waals surface area contributed by atoms with Gasteiger partial charge in [-0.1, -0.05) is 88.4 Å². The molecular formula is C32H36N4. The minimum absolute atomic E-state index is 0.253. The molecule has 4 aromatic rings. The quantitative estimate of drug-likeness (QED) is 0.276. The van der Waals surface area contributed by atoms with Gasteiger partial charge in [0, 0.05) is 59.3 Å². The van der Waals surface area contributed by atoms with Crippen LogP contribution in [0, 0.1) is 0 Å². The number of aromatic nitrogens is 4. The molecule has 5 rings (SSSR count). The van der Waals surface area contributed by atoms with E-state index in [-0.39, 0.29) is 23.7 Å². The van der Waals surface area contributed by atoms with Crippen LogP contribution in [0.1, 0.15) is 96.9 Å². The van der Waals surface area contributed by atoms with Crippen LogP contribution in [0.25, 0.3) is 0 Å². The fraction of sp³-hybridized carbons (Fsp3) is 0.375. The number of benzene rings is 2. The maximum atomic E-state index is 5.13. The fourth-order valence-corrected chi connectivity index (χ4v) is 5.83. The molecule has 0 amide bonds. The van der Waals surface area contributed by atoms with Crippen molar-refractivity contribution in [3.63, 3.8) is 0 Å². The molecular weight excluding hydrogens is 440 g/mol. The molecule has 2 aromatic heterocycles. The first-order valence-corrected chi connectivity index (χ1v) is 13.5. The standard InChI is InChI=1S/C32H36N4/c1-5-23-19-25(35-27(7-3)33-23)31-29(21-15-11-9-12-16-21)32(30(31)22-17-13-10-14-18-22)26-20-24(6-2)34-28(8-4)36-26/h9-20,29-32H,5-8H2,1-4H3/t29-,30-,31-,32-. The van der Waals surface area contributed by atoms with Crippen LogP contribution in [-0.4, -0.2) is 19.9 Å². The third-order valence-electron chi connectivity index (χ3n) is 7.65. The normalized spacial score (nSPS) is 21.2. The smallest absolute Gasteiger partial charge is 0.128 e. The SMILES string of the molecule is CCc1cc([C@H]2[C@H](c3ccccc3)[C@H](c3cc(CC)nc(CC)n3)[C@H]2c2ccccc2)nc(CC)n1. The highest BCUT2D eigenvalue weighted by Gasteiger charge is 2.54. The van der Waals surface area contributed by atoms with Crippen molar-refractivity contribution < 1.29 is 0 Å². The number of nitrogens with zero attached hydrogens (tertiary/aromatic N) is 4. The molecule has 0 atom stereocenters. The van der Waals surface area contributed by atoms with Gasteiger partial charge in [-0.2, -0.15) is 0 Å². The first-order chi connectivity index (χ1) is 17.7. The van der Waals surface area contributed by atoms with Gasteiger partial charge in [0.05, 0.1) is 0 Å². The van der Waals surface area contributed by atoms with E-state index >= 15 is 0 Å². The lowest BCUT2D eigenvalue weighted by molar-refractivity contribution is 0.219. The van der Waals surface area contributed by atoms with Gasteiger partial charge in [-0.15, -0.1) is 0 Å². The molecule has 1 aliphatic rings. The van der Waals surface area contributed by atoms with Gasteiger partial charge in [0.1, 0.15) is 11.6 Å². The van der Waals surface area contributed by atoms with Gasteiger partial charge in [-0.3, -0.25) is 0 Å². The summed E-state index contributed by atoms with van der Waals surface area (Å²) in [6.07, 6.45) is 3.51. The van der Waals surface area contributed by atoms with Crippen molar-refractivity contribution in [2.24, 2.45) is 0 Å². The van der Waals surface area contributed by atoms with Gasteiger partial charge in [0.25, 0.3) is 0 Å². The van der Waals surface area contributed by atoms with Gasteiger partial charge >= 0.3 is 0 Å². The molecule has 0 saturated heterocycles. The topological polar surface area (TPSA) is 51.6 Å². The van der Waals surface area contributed by atoms with Crippen molar-refractivity contribution in [2.45, 2.75) is 77.0 Å². The van der Waals surface area contributed by atoms with Crippen LogP contribution >= 0.6 is 0 Å². The van der Waals surface area contributed by atoms with Gasteiger partial charge in [0.2, 0.25) is 0 Å². The van der Waals surface area contributed by atoms with Crippen molar-refractivity contribution in [3.8, 4) is 0 Å². The molecule has 184 valence electrons. The Hall–Kier alpha value is -3.40. The Labute approximate surface area is 215 Å². The molecule has 0 spiro atoms. The predicted octanol–water partition coefficient (Wildman–Crippen LogP) is 6.96. The summed E-state index contributed by atoms with van der Waals surface area (Å²) in [5.41, 5.74) is 7.29. The van der Waals surface area contributed by atoms with E-state index in [1.54, 1.807) is 0 Å². The Morgan fingerprint density at radius 1 is 0.472 bits per heavy atom. The van der Waals surface area contributed by atoms with Gasteiger partial charge < -0.3 is 0 Å². The Morgan fingerprint density at radius 3 is 1.19 bits per heavy atom. The van der Waals surface area contributed by atoms with Gasteiger partial charge in [-0.05, 0) is 36.1 Å². The van der Waals surface area contributed by atoms with Crippen LogP contribution in [-0.2, 0) is 25.7 Å². The lowest BCUT2D eigenvalue weighted by Gasteiger charge is -2.52. The van der Waals surface area contributed by atoms with E-state index in [2.05, 4.69) is 100 Å². The van der Waals surface area contributed by atoms with E-state index in [0.717, 1.165) is 60.1 Å². The molecule has 36 heavy (non-hydrogen) atoms. The van der Waals surface area contributed by atoms with Crippen molar-refractivity contribution in [1.82, 2.24) is 19.9 Å². The lowest BCUT2D eigenvalue weighted by Crippen LogP contribution is -2.41. The monoisotopic (exact) mass is 476 g/mol. The summed E-state index contributed by atoms with van der Waals surface area (Å²) in [5.74, 6) is 2.95. The van der Waals surface area contributed by atoms with Gasteiger partial charge in [0.15, 0.2) is 0 Å². The molecule has 0 N–H and O–H groups in total. The second-order valence-electron chi connectivity index (χ2n) is 9.74. The van der Waals surface area contributed by atoms with Crippen LogP contribution < -0.4 is 0 Å². The molecule has 4 heteroatoms. The Kier molecular flexibility index (Phi) is 7.22. The number of rotatable bonds is 8. The summed E-state index contributed by atoms with van der Waals surface area (Å²) in [6, 6.07) is 26.4. The number of aryl methyl sites for hydroxylation is 4. The number of hydrogen-bond donors (Lipinski definition) is 0. The van der Waals surface area contributed by atoms with Crippen molar-refractivity contribution in [1.29, 1.82) is 0 Å². The average Bonchev–Trinajstić information content (AvgIpc) is 2.93. The van der Waals surface area contributed by atoms with E-state index < -0.39 is 0 Å². The summed E-state index contributed by atoms with van der Waals surface area (Å²) in [7, 11) is 0. The zero-order chi connectivity index (χ0) is 25.1. The summed E-state index contributed by atoms with van der Waals surface area (Å²) in [4.78, 5) is 19.8. The second kappa shape index (κ2) is 10.7. The van der Waals surface area contributed by atoms with Gasteiger partial charge in [-0.25, -0.2) is 19.9 Å². The lowest BCUT2D eigenvalue weighted by atomic mass is 9.50. The predicted molar refractivity (Wildman–Crippen MR) is 145 cm³/mol. The Bertz CT molecular complexity index is 1150. The van der Waals surface area contributed by atoms with E-state index in [0.29, 0.717) is 0 Å². The molecule has 1 saturated carbocycles. The molecule has 0 radical (unpaired) electrons. The van der Waals surface area contributed by atoms with Crippen molar-refractivity contribution >= 4 is 0 Å². The maximum Gasteiger partial charge on any atom is 0.128 e. The van der Waals surface area contributed by atoms with Crippen molar-refractivity contribution in [2.75, 3.05) is 0 Å². The molecule has 1 aliphatic carbocycles. The molecule has 0 aliphatic heterocycles. The second-order valence-corrected chi connectivity index (χ2v) is 9.74. The molecule has 4 nitrogen and oxygen atoms in total. The van der Waals surface area contributed by atoms with Crippen LogP contribution in [0.2, 0.25) is 0 Å². The fourth-order valence-electron chi connectivity index (χ4n) is 5.83. The van der Waals surface area contributed by atoms with Crippen LogP contribution in [0.3, 0.4) is 0 Å². The highest BCUT2D eigenvalue weighted by atomic mass is 14.9. The summed E-state index contributed by atoms with van der Waals surface area (Å²) in [5, 5.41) is 0. The first kappa shape index (κ1) is 24.3. The van der Waals surface area contributed by atoms with E-state index in [4.69, 9.17) is 19.9 Å². The van der Waals surface area contributed by atoms with Crippen LogP contribution in [0.15, 0.2) is 72.8 Å². The zero-order valence-electron chi connectivity index (χ0n) is 21.9. The van der Waals surface area contributed by atoms with E-state index in [9.17, 15) is 0 Å². The summed E-state index contributed by atoms with van der Waals surface area (Å²) < 4.78 is 0. The summed E-state index contributed by atoms with van der Waals surface area (Å²) in [6.45, 7) is 8.64. The van der Waals surface area contributed by atoms with Crippen LogP contribution in [0.5, 0.6) is 0 Å². The largest absolute Gasteiger partial charge is 0.238 e. The zero-order valence-corrected chi connectivity index (χ0v) is 21.9. The molecule has 0 bridgehead atoms. The molecule has 0 unspecified atom stereocenters. The Balaban J connectivity index is 1.72. The minimum atomic E-state index is 0.253. The minimum Gasteiger partial charge on any atom is -0.238 e. The maximum absolute atomic E-state index is 5.13. The molecule has 2 aromatic carbocycles. The summed E-state index contributed by atoms with van der Waals surface area (Å²) >= 11 is 0. The number of hydrogen-bond acceptors (Lipinski definition) is 4. The third kappa shape index (κ3) is 4.57. The van der Waals surface area contributed by atoms with E-state index in [1.165, 1.54) is 11.1 Å². The molecule has 1 fully saturated rings. The van der Waals surface area contributed by atoms with Crippen molar-refractivity contribution in [3.05, 3.63) is 118 Å². The average molecular weight is 477 g/mol. The highest BCUT2D eigenvalue weighted by molar-refractivity contribution is 5.46. The third-order valence-corrected chi connectivity index (χ3v) is 7.65. The first-order valence-electron chi connectivity index (χ1n) is 13.5.